The number of ketones is 1. The van der Waals surface area contributed by atoms with E-state index in [0.29, 0.717) is 5.56 Å². The zero-order valence-electron chi connectivity index (χ0n) is 35.5. The summed E-state index contributed by atoms with van der Waals surface area (Å²) in [5.74, 6) is -7.10. The number of carbonyl (C=O) groups is 6. The third-order valence-electron chi connectivity index (χ3n) is 13.6. The topological polar surface area (TPSA) is 221 Å². The number of ether oxygens (including phenoxy) is 5. The fourth-order valence-corrected chi connectivity index (χ4v) is 10.1. The Labute approximate surface area is 364 Å². The molecule has 1 unspecified atom stereocenters. The number of rotatable bonds is 11. The van der Waals surface area contributed by atoms with Crippen molar-refractivity contribution in [2.75, 3.05) is 6.61 Å². The maximum atomic E-state index is 15.5. The predicted octanol–water partition coefficient (Wildman–Crippen LogP) is 3.90. The second-order valence-corrected chi connectivity index (χ2v) is 17.4. The number of aliphatic hydroxyl groups excluding tert-OH is 2. The minimum absolute atomic E-state index is 0.0162. The van der Waals surface area contributed by atoms with Crippen LogP contribution in [0, 0.1) is 16.7 Å². The number of aliphatic hydroxyl groups is 3. The van der Waals surface area contributed by atoms with Crippen molar-refractivity contribution < 1.29 is 67.8 Å². The number of esters is 4. The summed E-state index contributed by atoms with van der Waals surface area (Å²) in [6.07, 6.45) is -9.81. The van der Waals surface area contributed by atoms with E-state index in [1.54, 1.807) is 92.7 Å². The van der Waals surface area contributed by atoms with Crippen molar-refractivity contribution in [2.45, 2.75) is 101 Å². The highest BCUT2D eigenvalue weighted by molar-refractivity contribution is 5.96. The summed E-state index contributed by atoms with van der Waals surface area (Å²) in [4.78, 5) is 83.9. The molecule has 2 bridgehead atoms. The van der Waals surface area contributed by atoms with Crippen molar-refractivity contribution in [3.8, 4) is 0 Å². The first kappa shape index (κ1) is 45.0. The van der Waals surface area contributed by atoms with Gasteiger partial charge in [0.2, 0.25) is 0 Å². The van der Waals surface area contributed by atoms with Crippen LogP contribution in [-0.4, -0.2) is 105 Å². The highest BCUT2D eigenvalue weighted by Gasteiger charge is 2.78. The van der Waals surface area contributed by atoms with Crippen LogP contribution in [0.15, 0.2) is 115 Å². The smallest absolute Gasteiger partial charge is 0.338 e. The molecule has 1 amide bonds. The van der Waals surface area contributed by atoms with E-state index in [1.807, 2.05) is 0 Å². The fraction of sp³-hybridized carbons (Fsp3) is 0.417. The molecule has 1 saturated heterocycles. The highest BCUT2D eigenvalue weighted by atomic mass is 16.6. The molecule has 4 N–H and O–H groups in total. The molecule has 1 aliphatic heterocycles. The maximum absolute atomic E-state index is 15.5. The van der Waals surface area contributed by atoms with Gasteiger partial charge in [-0.05, 0) is 54.8 Å². The van der Waals surface area contributed by atoms with Crippen LogP contribution in [0.4, 0.5) is 0 Å². The second kappa shape index (κ2) is 16.9. The van der Waals surface area contributed by atoms with Crippen molar-refractivity contribution in [1.29, 1.82) is 0 Å². The van der Waals surface area contributed by atoms with Gasteiger partial charge < -0.3 is 44.3 Å². The number of Topliss-reactive ketones (excluding diaryl/α,β-unsaturated/α-hetero) is 1. The van der Waals surface area contributed by atoms with E-state index < -0.39 is 113 Å². The van der Waals surface area contributed by atoms with E-state index in [9.17, 15) is 39.3 Å². The minimum atomic E-state index is -2.42. The average molecular weight is 866 g/mol. The number of fused-ring (bicyclic) bond motifs is 5. The van der Waals surface area contributed by atoms with Crippen molar-refractivity contribution in [1.82, 2.24) is 5.32 Å². The van der Waals surface area contributed by atoms with Crippen LogP contribution in [0.25, 0.3) is 0 Å². The van der Waals surface area contributed by atoms with Crippen LogP contribution in [0.2, 0.25) is 0 Å². The van der Waals surface area contributed by atoms with Crippen molar-refractivity contribution in [3.05, 3.63) is 131 Å². The van der Waals surface area contributed by atoms with Gasteiger partial charge in [0.15, 0.2) is 23.6 Å². The van der Waals surface area contributed by atoms with Gasteiger partial charge in [0.05, 0.1) is 35.6 Å². The molecule has 15 heteroatoms. The Balaban J connectivity index is 1.39. The fourth-order valence-electron chi connectivity index (χ4n) is 10.1. The number of hydrogen-bond acceptors (Lipinski definition) is 14. The summed E-state index contributed by atoms with van der Waals surface area (Å²) in [6, 6.07) is 22.9. The number of carbonyl (C=O) groups excluding carboxylic acids is 6. The summed E-state index contributed by atoms with van der Waals surface area (Å²) < 4.78 is 30.3. The highest BCUT2D eigenvalue weighted by Crippen LogP contribution is 2.64. The lowest BCUT2D eigenvalue weighted by Gasteiger charge is -2.67. The van der Waals surface area contributed by atoms with E-state index in [2.05, 4.69) is 11.9 Å². The van der Waals surface area contributed by atoms with Gasteiger partial charge in [0.25, 0.3) is 5.91 Å². The van der Waals surface area contributed by atoms with E-state index in [1.165, 1.54) is 26.0 Å². The summed E-state index contributed by atoms with van der Waals surface area (Å²) >= 11 is 0. The van der Waals surface area contributed by atoms with Gasteiger partial charge in [0, 0.05) is 36.8 Å². The van der Waals surface area contributed by atoms with Gasteiger partial charge in [-0.1, -0.05) is 87.2 Å². The van der Waals surface area contributed by atoms with Gasteiger partial charge in [0.1, 0.15) is 23.9 Å². The normalized spacial score (nSPS) is 31.5. The number of nitrogens with one attached hydrogen (secondary N) is 1. The molecule has 3 fully saturated rings. The summed E-state index contributed by atoms with van der Waals surface area (Å²) in [5.41, 5.74) is -7.22. The molecule has 7 rings (SSSR count). The maximum Gasteiger partial charge on any atom is 0.338 e. The predicted molar refractivity (Wildman–Crippen MR) is 222 cm³/mol. The SMILES string of the molecule is C=CC(=O)O[C@@]12CO[C@@H]1C[C@H](O)[C@@]1(C)C(=O)[C@H](OC(C)=O)C3=C(C)[C@@H](OC(=O)[C@H](O)[C@@H](NC(=O)c4ccccc4)c4ccccc4)C[C@@](O)([C@@H](OC(=O)c4ccccc4)C12)C3(C)C. The quantitative estimate of drug-likeness (QED) is 0.0930. The Morgan fingerprint density at radius 2 is 1.48 bits per heavy atom. The van der Waals surface area contributed by atoms with E-state index >= 15 is 4.79 Å². The molecule has 0 aromatic heterocycles. The molecular formula is C48H51NO14. The molecule has 332 valence electrons. The zero-order valence-corrected chi connectivity index (χ0v) is 35.5. The molecule has 0 spiro atoms. The summed E-state index contributed by atoms with van der Waals surface area (Å²) in [7, 11) is 0. The van der Waals surface area contributed by atoms with Crippen LogP contribution in [0.1, 0.15) is 79.8 Å². The van der Waals surface area contributed by atoms with Gasteiger partial charge >= 0.3 is 23.9 Å². The van der Waals surface area contributed by atoms with Crippen LogP contribution in [-0.2, 0) is 42.9 Å². The molecule has 2 saturated carbocycles. The van der Waals surface area contributed by atoms with Crippen LogP contribution in [0.5, 0.6) is 0 Å². The molecule has 0 radical (unpaired) electrons. The molecule has 1 heterocycles. The van der Waals surface area contributed by atoms with Crippen LogP contribution in [0.3, 0.4) is 0 Å². The van der Waals surface area contributed by atoms with Gasteiger partial charge in [-0.2, -0.15) is 0 Å². The number of benzene rings is 3. The Morgan fingerprint density at radius 3 is 2.03 bits per heavy atom. The number of hydrogen-bond donors (Lipinski definition) is 4. The zero-order chi connectivity index (χ0) is 45.6. The third kappa shape index (κ3) is 7.56. The first-order chi connectivity index (χ1) is 29.8. The van der Waals surface area contributed by atoms with Crippen molar-refractivity contribution in [2.24, 2.45) is 16.7 Å². The Kier molecular flexibility index (Phi) is 12.1. The Bertz CT molecular complexity index is 2330. The Morgan fingerprint density at radius 1 is 0.889 bits per heavy atom. The first-order valence-corrected chi connectivity index (χ1v) is 20.7. The lowest BCUT2D eigenvalue weighted by atomic mass is 9.44. The molecule has 3 aromatic carbocycles. The first-order valence-electron chi connectivity index (χ1n) is 20.7. The van der Waals surface area contributed by atoms with E-state index in [-0.39, 0.29) is 35.3 Å². The van der Waals surface area contributed by atoms with Crippen LogP contribution >= 0.6 is 0 Å². The minimum Gasteiger partial charge on any atom is -0.456 e. The monoisotopic (exact) mass is 865 g/mol. The molecule has 3 aromatic rings. The van der Waals surface area contributed by atoms with Crippen LogP contribution < -0.4 is 5.32 Å². The summed E-state index contributed by atoms with van der Waals surface area (Å²) in [5, 5.41) is 40.3. The third-order valence-corrected chi connectivity index (χ3v) is 13.6. The summed E-state index contributed by atoms with van der Waals surface area (Å²) in [6.45, 7) is 10.3. The molecule has 63 heavy (non-hydrogen) atoms. The standard InChI is InChI=1S/C48H51NO14/c1-7-34(52)63-47-25-59-33(47)23-32(51)46(6)39(47)41(62-43(56)30-21-15-10-16-22-30)48(58)24-31(26(2)35(45(48,4)5)38(40(46)54)60-27(3)50)61-44(57)37(53)36(28-17-11-8-12-18-28)49-42(55)29-19-13-9-14-20-29/h7-22,31-33,36-39,41,51,53,58H,1,23-25H2,2-6H3,(H,49,55)/t31-,32-,33+,36-,37+,38+,39?,41-,46+,47-,48+/m0/s1. The number of amides is 1. The molecule has 4 aliphatic rings. The van der Waals surface area contributed by atoms with Gasteiger partial charge in [-0.25, -0.2) is 14.4 Å². The van der Waals surface area contributed by atoms with Crippen molar-refractivity contribution >= 4 is 35.6 Å². The largest absolute Gasteiger partial charge is 0.456 e. The Hall–Kier alpha value is -6.00. The van der Waals surface area contributed by atoms with E-state index in [0.717, 1.165) is 13.0 Å². The molecule has 11 atom stereocenters. The van der Waals surface area contributed by atoms with Gasteiger partial charge in [-0.3, -0.25) is 14.4 Å². The van der Waals surface area contributed by atoms with Gasteiger partial charge in [-0.15, -0.1) is 0 Å². The molecular weight excluding hydrogens is 815 g/mol. The lowest BCUT2D eigenvalue weighted by Crippen LogP contribution is -2.82. The molecule has 3 aliphatic carbocycles. The lowest BCUT2D eigenvalue weighted by molar-refractivity contribution is -0.345. The van der Waals surface area contributed by atoms with Crippen molar-refractivity contribution in [3.63, 3.8) is 0 Å². The second-order valence-electron chi connectivity index (χ2n) is 17.4. The van der Waals surface area contributed by atoms with E-state index in [4.69, 9.17) is 23.7 Å². The molecule has 15 nitrogen and oxygen atoms in total. The average Bonchev–Trinajstić information content (AvgIpc) is 3.26.